The molecule has 0 aliphatic heterocycles. The number of aliphatic imine (C=N–C) groups is 1. The second-order valence-electron chi connectivity index (χ2n) is 10.6. The second kappa shape index (κ2) is 11.5. The minimum atomic E-state index is -0.0310. The van der Waals surface area contributed by atoms with Crippen LogP contribution in [0.4, 0.5) is 0 Å². The first-order chi connectivity index (χ1) is 15.8. The average molecular weight is 458 g/mol. The number of rotatable bonds is 10. The van der Waals surface area contributed by atoms with Crippen LogP contribution in [0, 0.1) is 11.3 Å². The van der Waals surface area contributed by atoms with Gasteiger partial charge in [0.2, 0.25) is 6.41 Å². The van der Waals surface area contributed by atoms with Gasteiger partial charge < -0.3 is 15.2 Å². The van der Waals surface area contributed by atoms with Gasteiger partial charge in [0.25, 0.3) is 0 Å². The summed E-state index contributed by atoms with van der Waals surface area (Å²) in [4.78, 5) is 18.2. The van der Waals surface area contributed by atoms with Gasteiger partial charge in [-0.25, -0.2) is 4.99 Å². The maximum Gasteiger partial charge on any atom is 0.216 e. The Morgan fingerprint density at radius 1 is 1.27 bits per heavy atom. The van der Waals surface area contributed by atoms with Crippen molar-refractivity contribution in [1.29, 1.82) is 0 Å². The van der Waals surface area contributed by atoms with Gasteiger partial charge in [0.15, 0.2) is 5.96 Å². The van der Waals surface area contributed by atoms with Crippen molar-refractivity contribution in [3.05, 3.63) is 34.9 Å². The molecule has 1 unspecified atom stereocenters. The monoisotopic (exact) mass is 457 g/mol. The summed E-state index contributed by atoms with van der Waals surface area (Å²) >= 11 is 0. The van der Waals surface area contributed by atoms with Gasteiger partial charge in [0.1, 0.15) is 0 Å². The molecule has 1 aromatic carbocycles. The standard InChI is InChI=1S/C27H43N3O3/c1-19(2)6-7-21-8-9-22-17-27(12-10-23(11-13-27)33-20(3)4)25(24(22)16-21)29-26(28)30(18-31)14-15-32-5/h8-9,16,18-20,23,25H,6-7,10-15,17H2,1-5H3,(H2,28,29). The Balaban J connectivity index is 1.91. The summed E-state index contributed by atoms with van der Waals surface area (Å²) in [6.07, 6.45) is 8.78. The highest BCUT2D eigenvalue weighted by atomic mass is 16.5. The lowest BCUT2D eigenvalue weighted by Gasteiger charge is -2.41. The van der Waals surface area contributed by atoms with E-state index < -0.39 is 0 Å². The van der Waals surface area contributed by atoms with Crippen LogP contribution < -0.4 is 5.73 Å². The van der Waals surface area contributed by atoms with Crippen molar-refractivity contribution in [2.45, 2.75) is 90.9 Å². The maximum absolute atomic E-state index is 11.7. The van der Waals surface area contributed by atoms with E-state index in [1.807, 2.05) is 0 Å². The zero-order chi connectivity index (χ0) is 24.0. The molecule has 0 radical (unpaired) electrons. The number of methoxy groups -OCH3 is 1. The van der Waals surface area contributed by atoms with Crippen LogP contribution >= 0.6 is 0 Å². The summed E-state index contributed by atoms with van der Waals surface area (Å²) in [5.41, 5.74) is 10.5. The zero-order valence-electron chi connectivity index (χ0n) is 21.2. The summed E-state index contributed by atoms with van der Waals surface area (Å²) in [5.74, 6) is 0.958. The molecule has 33 heavy (non-hydrogen) atoms. The van der Waals surface area contributed by atoms with Crippen LogP contribution in [0.2, 0.25) is 0 Å². The first-order valence-corrected chi connectivity index (χ1v) is 12.6. The van der Waals surface area contributed by atoms with Crippen LogP contribution in [-0.2, 0) is 27.1 Å². The number of hydrogen-bond acceptors (Lipinski definition) is 4. The molecule has 1 spiro atoms. The van der Waals surface area contributed by atoms with Crippen molar-refractivity contribution in [1.82, 2.24) is 4.90 Å². The summed E-state index contributed by atoms with van der Waals surface area (Å²) < 4.78 is 11.3. The molecule has 0 heterocycles. The summed E-state index contributed by atoms with van der Waals surface area (Å²) in [6.45, 7) is 9.58. The van der Waals surface area contributed by atoms with E-state index in [4.69, 9.17) is 20.2 Å². The van der Waals surface area contributed by atoms with Crippen molar-refractivity contribution in [3.8, 4) is 0 Å². The van der Waals surface area contributed by atoms with Gasteiger partial charge in [-0.2, -0.15) is 0 Å². The fraction of sp³-hybridized carbons (Fsp3) is 0.704. The molecule has 6 heteroatoms. The van der Waals surface area contributed by atoms with E-state index >= 15 is 0 Å². The largest absolute Gasteiger partial charge is 0.383 e. The number of benzene rings is 1. The smallest absolute Gasteiger partial charge is 0.216 e. The number of guanidine groups is 1. The SMILES string of the molecule is COCCN(C=O)C(N)=NC1c2cc(CCC(C)C)ccc2CC12CCC(OC(C)C)CC2. The van der Waals surface area contributed by atoms with Crippen LogP contribution in [0.1, 0.15) is 82.5 Å². The Hall–Kier alpha value is -1.92. The van der Waals surface area contributed by atoms with Crippen LogP contribution in [-0.4, -0.2) is 49.7 Å². The number of aryl methyl sites for hydroxylation is 1. The molecule has 0 bridgehead atoms. The quantitative estimate of drug-likeness (QED) is 0.315. The number of amides is 1. The van der Waals surface area contributed by atoms with Crippen LogP contribution in [0.3, 0.4) is 0 Å². The third-order valence-corrected chi connectivity index (χ3v) is 7.25. The highest BCUT2D eigenvalue weighted by Crippen LogP contribution is 2.56. The Morgan fingerprint density at radius 3 is 2.61 bits per heavy atom. The lowest BCUT2D eigenvalue weighted by molar-refractivity contribution is -0.115. The topological polar surface area (TPSA) is 77.2 Å². The lowest BCUT2D eigenvalue weighted by Crippen LogP contribution is -2.40. The van der Waals surface area contributed by atoms with Gasteiger partial charge in [-0.1, -0.05) is 32.0 Å². The van der Waals surface area contributed by atoms with Crippen molar-refractivity contribution < 1.29 is 14.3 Å². The highest BCUT2D eigenvalue weighted by Gasteiger charge is 2.48. The Morgan fingerprint density at radius 2 is 2.00 bits per heavy atom. The Bertz CT molecular complexity index is 813. The minimum Gasteiger partial charge on any atom is -0.383 e. The molecule has 2 aliphatic rings. The third kappa shape index (κ3) is 6.36. The number of hydrogen-bond donors (Lipinski definition) is 1. The molecule has 3 rings (SSSR count). The van der Waals surface area contributed by atoms with Gasteiger partial charge in [-0.05, 0) is 81.4 Å². The van der Waals surface area contributed by atoms with Crippen LogP contribution in [0.5, 0.6) is 0 Å². The fourth-order valence-corrected chi connectivity index (χ4v) is 5.44. The summed E-state index contributed by atoms with van der Waals surface area (Å²) in [5, 5.41) is 0. The normalized spacial score (nSPS) is 25.1. The second-order valence-corrected chi connectivity index (χ2v) is 10.6. The Labute approximate surface area is 199 Å². The average Bonchev–Trinajstić information content (AvgIpc) is 3.06. The minimum absolute atomic E-state index is 0.0310. The van der Waals surface area contributed by atoms with Crippen molar-refractivity contribution in [3.63, 3.8) is 0 Å². The number of nitrogens with zero attached hydrogens (tertiary/aromatic N) is 2. The molecule has 2 aliphatic carbocycles. The molecule has 1 atom stereocenters. The summed E-state index contributed by atoms with van der Waals surface area (Å²) in [6, 6.07) is 6.91. The first-order valence-electron chi connectivity index (χ1n) is 12.6. The molecule has 1 amide bonds. The fourth-order valence-electron chi connectivity index (χ4n) is 5.44. The van der Waals surface area contributed by atoms with E-state index in [0.717, 1.165) is 44.9 Å². The highest BCUT2D eigenvalue weighted by molar-refractivity contribution is 5.87. The molecular formula is C27H43N3O3. The van der Waals surface area contributed by atoms with Crippen LogP contribution in [0.25, 0.3) is 0 Å². The molecule has 1 fully saturated rings. The molecule has 184 valence electrons. The van der Waals surface area contributed by atoms with Crippen molar-refractivity contribution in [2.75, 3.05) is 20.3 Å². The van der Waals surface area contributed by atoms with Gasteiger partial charge in [-0.3, -0.25) is 9.69 Å². The molecular weight excluding hydrogens is 414 g/mol. The number of nitrogens with two attached hydrogens (primary N) is 1. The summed E-state index contributed by atoms with van der Waals surface area (Å²) in [7, 11) is 1.62. The van der Waals surface area contributed by atoms with E-state index in [9.17, 15) is 4.79 Å². The number of carbonyl (C=O) groups is 1. The molecule has 0 aromatic heterocycles. The van der Waals surface area contributed by atoms with Gasteiger partial charge in [0.05, 0.1) is 31.4 Å². The molecule has 2 N–H and O–H groups in total. The van der Waals surface area contributed by atoms with E-state index in [1.165, 1.54) is 28.0 Å². The van der Waals surface area contributed by atoms with Gasteiger partial charge in [0, 0.05) is 12.5 Å². The third-order valence-electron chi connectivity index (χ3n) is 7.25. The predicted molar refractivity (Wildman–Crippen MR) is 133 cm³/mol. The number of carbonyl (C=O) groups excluding carboxylic acids is 1. The van der Waals surface area contributed by atoms with Crippen molar-refractivity contribution in [2.24, 2.45) is 22.1 Å². The van der Waals surface area contributed by atoms with E-state index in [0.29, 0.717) is 25.2 Å². The van der Waals surface area contributed by atoms with Crippen LogP contribution in [0.15, 0.2) is 23.2 Å². The van der Waals surface area contributed by atoms with E-state index in [-0.39, 0.29) is 23.5 Å². The Kier molecular flexibility index (Phi) is 8.94. The van der Waals surface area contributed by atoms with Gasteiger partial charge >= 0.3 is 0 Å². The molecule has 1 aromatic rings. The predicted octanol–water partition coefficient (Wildman–Crippen LogP) is 4.65. The van der Waals surface area contributed by atoms with E-state index in [2.05, 4.69) is 45.9 Å². The first kappa shape index (κ1) is 25.7. The zero-order valence-corrected chi connectivity index (χ0v) is 21.2. The molecule has 6 nitrogen and oxygen atoms in total. The molecule has 0 saturated heterocycles. The lowest BCUT2D eigenvalue weighted by atomic mass is 9.68. The maximum atomic E-state index is 11.7. The molecule has 1 saturated carbocycles. The number of ether oxygens (including phenoxy) is 2. The van der Waals surface area contributed by atoms with Crippen molar-refractivity contribution >= 4 is 12.4 Å². The van der Waals surface area contributed by atoms with Gasteiger partial charge in [-0.15, -0.1) is 0 Å². The number of fused-ring (bicyclic) bond motifs is 1. The van der Waals surface area contributed by atoms with E-state index in [1.54, 1.807) is 7.11 Å².